The number of amides is 2. The molecule has 3 rings (SSSR count). The fourth-order valence-corrected chi connectivity index (χ4v) is 3.62. The van der Waals surface area contributed by atoms with Crippen molar-refractivity contribution in [3.8, 4) is 0 Å². The first kappa shape index (κ1) is 19.8. The van der Waals surface area contributed by atoms with Crippen molar-refractivity contribution in [3.63, 3.8) is 0 Å². The standard InChI is InChI=1S/C21H22N4O2S/c1-13-8-7-11-17(14(13)2)22-19(26)12-18-20(27)23-21(28-18)25-24-15(3)16-9-5-4-6-10-16/h4-11,18H,12H2,1-3H3,(H,22,26)(H,23,25,27). The first-order valence-corrected chi connectivity index (χ1v) is 9.83. The van der Waals surface area contributed by atoms with Crippen LogP contribution in [0.15, 0.2) is 58.7 Å². The molecule has 2 aromatic rings. The minimum absolute atomic E-state index is 0.0737. The highest BCUT2D eigenvalue weighted by Gasteiger charge is 2.32. The lowest BCUT2D eigenvalue weighted by Gasteiger charge is -2.11. The summed E-state index contributed by atoms with van der Waals surface area (Å²) in [6.45, 7) is 5.81. The predicted octanol–water partition coefficient (Wildman–Crippen LogP) is 3.64. The summed E-state index contributed by atoms with van der Waals surface area (Å²) in [7, 11) is 0. The molecule has 0 bridgehead atoms. The van der Waals surface area contributed by atoms with Crippen LogP contribution in [-0.4, -0.2) is 27.9 Å². The minimum atomic E-state index is -0.518. The smallest absolute Gasteiger partial charge is 0.240 e. The second kappa shape index (κ2) is 8.84. The van der Waals surface area contributed by atoms with E-state index in [4.69, 9.17) is 0 Å². The normalized spacial score (nSPS) is 18.2. The van der Waals surface area contributed by atoms with Gasteiger partial charge in [0.25, 0.3) is 0 Å². The van der Waals surface area contributed by atoms with E-state index in [2.05, 4.69) is 20.8 Å². The number of amidine groups is 1. The van der Waals surface area contributed by atoms with Gasteiger partial charge in [0.1, 0.15) is 5.25 Å². The Morgan fingerprint density at radius 2 is 1.89 bits per heavy atom. The number of hydrogen-bond acceptors (Lipinski definition) is 5. The van der Waals surface area contributed by atoms with E-state index in [1.165, 1.54) is 11.8 Å². The lowest BCUT2D eigenvalue weighted by molar-refractivity contribution is -0.122. The van der Waals surface area contributed by atoms with Crippen LogP contribution >= 0.6 is 11.8 Å². The Balaban J connectivity index is 1.61. The number of carbonyl (C=O) groups excluding carboxylic acids is 2. The van der Waals surface area contributed by atoms with Crippen LogP contribution in [0.3, 0.4) is 0 Å². The first-order valence-electron chi connectivity index (χ1n) is 8.95. The van der Waals surface area contributed by atoms with Crippen LogP contribution in [-0.2, 0) is 9.59 Å². The van der Waals surface area contributed by atoms with Crippen molar-refractivity contribution < 1.29 is 9.59 Å². The zero-order chi connectivity index (χ0) is 20.1. The molecule has 7 heteroatoms. The molecule has 28 heavy (non-hydrogen) atoms. The summed E-state index contributed by atoms with van der Waals surface area (Å²) >= 11 is 1.22. The van der Waals surface area contributed by atoms with Crippen molar-refractivity contribution >= 4 is 40.1 Å². The van der Waals surface area contributed by atoms with Crippen LogP contribution in [0.2, 0.25) is 0 Å². The number of aryl methyl sites for hydroxylation is 1. The van der Waals surface area contributed by atoms with Crippen molar-refractivity contribution in [2.24, 2.45) is 10.2 Å². The van der Waals surface area contributed by atoms with E-state index in [0.29, 0.717) is 5.17 Å². The molecule has 0 radical (unpaired) electrons. The van der Waals surface area contributed by atoms with Crippen molar-refractivity contribution in [1.82, 2.24) is 5.32 Å². The molecule has 1 atom stereocenters. The Kier molecular flexibility index (Phi) is 6.26. The molecular formula is C21H22N4O2S. The summed E-state index contributed by atoms with van der Waals surface area (Å²) in [5.41, 5.74) is 4.61. The zero-order valence-electron chi connectivity index (χ0n) is 16.0. The summed E-state index contributed by atoms with van der Waals surface area (Å²) in [5, 5.41) is 13.8. The highest BCUT2D eigenvalue weighted by molar-refractivity contribution is 8.15. The second-order valence-corrected chi connectivity index (χ2v) is 7.74. The van der Waals surface area contributed by atoms with Gasteiger partial charge in [0.15, 0.2) is 5.17 Å². The number of carbonyl (C=O) groups is 2. The maximum Gasteiger partial charge on any atom is 0.240 e. The number of thioether (sulfide) groups is 1. The van der Waals surface area contributed by atoms with Gasteiger partial charge in [0, 0.05) is 12.1 Å². The molecule has 2 amide bonds. The van der Waals surface area contributed by atoms with Gasteiger partial charge >= 0.3 is 0 Å². The average molecular weight is 395 g/mol. The van der Waals surface area contributed by atoms with Gasteiger partial charge < -0.3 is 10.6 Å². The van der Waals surface area contributed by atoms with Gasteiger partial charge in [-0.3, -0.25) is 9.59 Å². The molecule has 1 saturated heterocycles. The largest absolute Gasteiger partial charge is 0.326 e. The number of nitrogens with zero attached hydrogens (tertiary/aromatic N) is 2. The van der Waals surface area contributed by atoms with Crippen molar-refractivity contribution in [2.45, 2.75) is 32.4 Å². The number of hydrogen-bond donors (Lipinski definition) is 2. The summed E-state index contributed by atoms with van der Waals surface area (Å²) in [6, 6.07) is 15.4. The third kappa shape index (κ3) is 4.86. The average Bonchev–Trinajstić information content (AvgIpc) is 3.03. The van der Waals surface area contributed by atoms with E-state index in [9.17, 15) is 9.59 Å². The lowest BCUT2D eigenvalue weighted by Crippen LogP contribution is -2.28. The number of nitrogens with one attached hydrogen (secondary N) is 2. The van der Waals surface area contributed by atoms with Crippen molar-refractivity contribution in [3.05, 3.63) is 65.2 Å². The van der Waals surface area contributed by atoms with Gasteiger partial charge in [-0.2, -0.15) is 5.10 Å². The van der Waals surface area contributed by atoms with Crippen LogP contribution in [0, 0.1) is 13.8 Å². The molecule has 1 fully saturated rings. The first-order chi connectivity index (χ1) is 13.4. The van der Waals surface area contributed by atoms with Crippen LogP contribution in [0.1, 0.15) is 30.0 Å². The molecule has 1 heterocycles. The van der Waals surface area contributed by atoms with Crippen LogP contribution in [0.25, 0.3) is 0 Å². The molecule has 6 nitrogen and oxygen atoms in total. The fraction of sp³-hybridized carbons (Fsp3) is 0.238. The molecule has 0 saturated carbocycles. The molecule has 0 aromatic heterocycles. The number of benzene rings is 2. The second-order valence-electron chi connectivity index (χ2n) is 6.55. The van der Waals surface area contributed by atoms with Gasteiger partial charge in [-0.15, -0.1) is 5.10 Å². The zero-order valence-corrected chi connectivity index (χ0v) is 16.8. The predicted molar refractivity (Wildman–Crippen MR) is 115 cm³/mol. The van der Waals surface area contributed by atoms with Gasteiger partial charge in [-0.25, -0.2) is 0 Å². The Labute approximate surface area is 168 Å². The van der Waals surface area contributed by atoms with E-state index in [0.717, 1.165) is 28.1 Å². The van der Waals surface area contributed by atoms with E-state index in [1.54, 1.807) is 0 Å². The summed E-state index contributed by atoms with van der Waals surface area (Å²) < 4.78 is 0. The Morgan fingerprint density at radius 1 is 1.14 bits per heavy atom. The van der Waals surface area contributed by atoms with Gasteiger partial charge in [-0.05, 0) is 43.5 Å². The fourth-order valence-electron chi connectivity index (χ4n) is 2.70. The Bertz CT molecular complexity index is 954. The Hall–Kier alpha value is -2.93. The van der Waals surface area contributed by atoms with E-state index in [-0.39, 0.29) is 18.2 Å². The molecule has 0 aliphatic carbocycles. The molecule has 2 aromatic carbocycles. The molecule has 144 valence electrons. The quantitative estimate of drug-likeness (QED) is 0.600. The van der Waals surface area contributed by atoms with Gasteiger partial charge in [0.05, 0.1) is 5.71 Å². The third-order valence-electron chi connectivity index (χ3n) is 4.51. The van der Waals surface area contributed by atoms with Crippen molar-refractivity contribution in [2.75, 3.05) is 5.32 Å². The lowest BCUT2D eigenvalue weighted by atomic mass is 10.1. The van der Waals surface area contributed by atoms with Crippen LogP contribution in [0.4, 0.5) is 5.69 Å². The van der Waals surface area contributed by atoms with Crippen LogP contribution < -0.4 is 10.6 Å². The SMILES string of the molecule is CC(=NN=C1NC(=O)C(CC(=O)Nc2cccc(C)c2C)S1)c1ccccc1. The highest BCUT2D eigenvalue weighted by atomic mass is 32.2. The molecule has 0 spiro atoms. The molecular weight excluding hydrogens is 372 g/mol. The maximum absolute atomic E-state index is 12.4. The Morgan fingerprint density at radius 3 is 2.64 bits per heavy atom. The molecule has 1 aliphatic heterocycles. The molecule has 2 N–H and O–H groups in total. The van der Waals surface area contributed by atoms with E-state index in [1.807, 2.05) is 69.3 Å². The monoisotopic (exact) mass is 394 g/mol. The summed E-state index contributed by atoms with van der Waals surface area (Å²) in [6.07, 6.45) is 0.0737. The molecule has 1 aliphatic rings. The van der Waals surface area contributed by atoms with Crippen LogP contribution in [0.5, 0.6) is 0 Å². The van der Waals surface area contributed by atoms with Gasteiger partial charge in [0.2, 0.25) is 11.8 Å². The third-order valence-corrected chi connectivity index (χ3v) is 5.58. The number of rotatable bonds is 5. The highest BCUT2D eigenvalue weighted by Crippen LogP contribution is 2.24. The topological polar surface area (TPSA) is 82.9 Å². The molecule has 1 unspecified atom stereocenters. The van der Waals surface area contributed by atoms with Gasteiger partial charge in [-0.1, -0.05) is 54.2 Å². The minimum Gasteiger partial charge on any atom is -0.326 e. The van der Waals surface area contributed by atoms with E-state index < -0.39 is 5.25 Å². The summed E-state index contributed by atoms with van der Waals surface area (Å²) in [4.78, 5) is 24.5. The van der Waals surface area contributed by atoms with Crippen molar-refractivity contribution in [1.29, 1.82) is 0 Å². The number of anilines is 1. The summed E-state index contributed by atoms with van der Waals surface area (Å²) in [5.74, 6) is -0.431. The van der Waals surface area contributed by atoms with E-state index >= 15 is 0 Å². The maximum atomic E-state index is 12.4.